The summed E-state index contributed by atoms with van der Waals surface area (Å²) in [6, 6.07) is 10.4. The van der Waals surface area contributed by atoms with E-state index in [0.29, 0.717) is 22.8 Å². The van der Waals surface area contributed by atoms with Gasteiger partial charge in [0.25, 0.3) is 5.91 Å². The fourth-order valence-electron chi connectivity index (χ4n) is 2.67. The summed E-state index contributed by atoms with van der Waals surface area (Å²) in [5, 5.41) is 3.09. The van der Waals surface area contributed by atoms with Gasteiger partial charge in [-0.3, -0.25) is 10.1 Å². The van der Waals surface area contributed by atoms with E-state index in [9.17, 15) is 17.6 Å². The Morgan fingerprint density at radius 3 is 2.60 bits per heavy atom. The number of nitrogens with one attached hydrogen (secondary N) is 1. The molecule has 30 heavy (non-hydrogen) atoms. The fraction of sp³-hybridized carbons (Fsp3) is 0.200. The van der Waals surface area contributed by atoms with Crippen molar-refractivity contribution in [3.63, 3.8) is 0 Å². The second kappa shape index (κ2) is 8.81. The molecule has 0 unspecified atom stereocenters. The SMILES string of the molecule is Cc1nc(NC(=O)c2cc(S(=O)(=O)N(C)C)ccc2Cl)sc1Cc1ccccc1F. The van der Waals surface area contributed by atoms with Crippen molar-refractivity contribution >= 4 is 44.0 Å². The predicted octanol–water partition coefficient (Wildman–Crippen LogP) is 4.34. The molecule has 3 rings (SSSR count). The normalized spacial score (nSPS) is 11.7. The number of hydrogen-bond acceptors (Lipinski definition) is 5. The molecule has 0 radical (unpaired) electrons. The number of hydrogen-bond donors (Lipinski definition) is 1. The highest BCUT2D eigenvalue weighted by molar-refractivity contribution is 7.89. The highest BCUT2D eigenvalue weighted by Crippen LogP contribution is 2.28. The van der Waals surface area contributed by atoms with E-state index < -0.39 is 15.9 Å². The highest BCUT2D eigenvalue weighted by Gasteiger charge is 2.21. The predicted molar refractivity (Wildman–Crippen MR) is 116 cm³/mol. The Bertz CT molecular complexity index is 1210. The van der Waals surface area contributed by atoms with Crippen LogP contribution < -0.4 is 5.32 Å². The van der Waals surface area contributed by atoms with Gasteiger partial charge in [0.15, 0.2) is 5.13 Å². The van der Waals surface area contributed by atoms with Gasteiger partial charge in [-0.15, -0.1) is 11.3 Å². The summed E-state index contributed by atoms with van der Waals surface area (Å²) < 4.78 is 39.7. The molecule has 0 saturated carbocycles. The summed E-state index contributed by atoms with van der Waals surface area (Å²) in [7, 11) is -0.914. The van der Waals surface area contributed by atoms with Crippen LogP contribution in [0.4, 0.5) is 9.52 Å². The lowest BCUT2D eigenvalue weighted by Crippen LogP contribution is -2.23. The van der Waals surface area contributed by atoms with E-state index in [1.165, 1.54) is 49.7 Å². The average Bonchev–Trinajstić information content (AvgIpc) is 3.02. The van der Waals surface area contributed by atoms with Crippen LogP contribution in [-0.2, 0) is 16.4 Å². The van der Waals surface area contributed by atoms with Gasteiger partial charge in [-0.05, 0) is 36.8 Å². The Morgan fingerprint density at radius 2 is 1.93 bits per heavy atom. The number of aryl methyl sites for hydroxylation is 1. The molecule has 2 aromatic carbocycles. The third-order valence-electron chi connectivity index (χ3n) is 4.38. The fourth-order valence-corrected chi connectivity index (χ4v) is 4.79. The van der Waals surface area contributed by atoms with Gasteiger partial charge < -0.3 is 0 Å². The Hall–Kier alpha value is -2.33. The standard InChI is InChI=1S/C20H19ClFN3O3S2/c1-12-18(10-13-6-4-5-7-17(13)22)29-20(23-12)24-19(26)15-11-14(8-9-16(15)21)30(27,28)25(2)3/h4-9,11H,10H2,1-3H3,(H,23,24,26). The lowest BCUT2D eigenvalue weighted by Gasteiger charge is -2.13. The van der Waals surface area contributed by atoms with Crippen LogP contribution in [0, 0.1) is 12.7 Å². The van der Waals surface area contributed by atoms with Crippen molar-refractivity contribution in [1.29, 1.82) is 0 Å². The number of rotatable bonds is 6. The summed E-state index contributed by atoms with van der Waals surface area (Å²) >= 11 is 7.35. The first kappa shape index (κ1) is 22.4. The zero-order valence-electron chi connectivity index (χ0n) is 16.4. The summed E-state index contributed by atoms with van der Waals surface area (Å²) in [5.74, 6) is -0.886. The van der Waals surface area contributed by atoms with E-state index in [-0.39, 0.29) is 21.3 Å². The Kier molecular flexibility index (Phi) is 6.56. The zero-order valence-corrected chi connectivity index (χ0v) is 18.8. The van der Waals surface area contributed by atoms with Crippen LogP contribution in [0.5, 0.6) is 0 Å². The van der Waals surface area contributed by atoms with Crippen molar-refractivity contribution in [2.24, 2.45) is 0 Å². The van der Waals surface area contributed by atoms with Crippen molar-refractivity contribution < 1.29 is 17.6 Å². The Morgan fingerprint density at radius 1 is 1.23 bits per heavy atom. The van der Waals surface area contributed by atoms with Crippen molar-refractivity contribution in [3.8, 4) is 0 Å². The zero-order chi connectivity index (χ0) is 22.1. The number of benzene rings is 2. The summed E-state index contributed by atoms with van der Waals surface area (Å²) in [5.41, 5.74) is 1.23. The van der Waals surface area contributed by atoms with Crippen molar-refractivity contribution in [1.82, 2.24) is 9.29 Å². The number of amides is 1. The van der Waals surface area contributed by atoms with E-state index >= 15 is 0 Å². The lowest BCUT2D eigenvalue weighted by molar-refractivity contribution is 0.102. The maximum atomic E-state index is 13.9. The molecule has 0 aliphatic carbocycles. The number of carbonyl (C=O) groups excluding carboxylic acids is 1. The van der Waals surface area contributed by atoms with E-state index in [4.69, 9.17) is 11.6 Å². The molecule has 0 bridgehead atoms. The molecule has 0 saturated heterocycles. The second-order valence-corrected chi connectivity index (χ2v) is 10.3. The number of sulfonamides is 1. The van der Waals surface area contributed by atoms with Crippen LogP contribution in [-0.4, -0.2) is 37.7 Å². The van der Waals surface area contributed by atoms with Crippen LogP contribution in [0.15, 0.2) is 47.4 Å². The van der Waals surface area contributed by atoms with Crippen molar-refractivity contribution in [2.45, 2.75) is 18.2 Å². The molecular formula is C20H19ClFN3O3S2. The van der Waals surface area contributed by atoms with Crippen LogP contribution in [0.25, 0.3) is 0 Å². The number of thiazole rings is 1. The van der Waals surface area contributed by atoms with Crippen LogP contribution in [0.3, 0.4) is 0 Å². The highest BCUT2D eigenvalue weighted by atomic mass is 35.5. The van der Waals surface area contributed by atoms with Crippen molar-refractivity contribution in [2.75, 3.05) is 19.4 Å². The number of nitrogens with zero attached hydrogens (tertiary/aromatic N) is 2. The number of carbonyl (C=O) groups is 1. The molecule has 0 aliphatic heterocycles. The molecule has 158 valence electrons. The molecular weight excluding hydrogens is 449 g/mol. The monoisotopic (exact) mass is 467 g/mol. The molecule has 1 N–H and O–H groups in total. The van der Waals surface area contributed by atoms with Crippen LogP contribution >= 0.6 is 22.9 Å². The number of halogens is 2. The van der Waals surface area contributed by atoms with E-state index in [2.05, 4.69) is 10.3 Å². The van der Waals surface area contributed by atoms with Gasteiger partial charge in [0.1, 0.15) is 5.82 Å². The first-order valence-electron chi connectivity index (χ1n) is 8.82. The molecule has 1 heterocycles. The van der Waals surface area contributed by atoms with E-state index in [1.54, 1.807) is 25.1 Å². The summed E-state index contributed by atoms with van der Waals surface area (Å²) in [4.78, 5) is 17.8. The Labute approximate surface area is 183 Å². The van der Waals surface area contributed by atoms with Gasteiger partial charge in [-0.2, -0.15) is 0 Å². The molecule has 1 amide bonds. The number of aromatic nitrogens is 1. The molecule has 0 fully saturated rings. The molecule has 6 nitrogen and oxygen atoms in total. The molecule has 3 aromatic rings. The Balaban J connectivity index is 1.84. The van der Waals surface area contributed by atoms with Gasteiger partial charge >= 0.3 is 0 Å². The minimum atomic E-state index is -3.72. The maximum absolute atomic E-state index is 13.9. The molecule has 0 atom stereocenters. The van der Waals surface area contributed by atoms with E-state index in [0.717, 1.165) is 9.18 Å². The van der Waals surface area contributed by atoms with Gasteiger partial charge in [0, 0.05) is 25.4 Å². The number of anilines is 1. The minimum absolute atomic E-state index is 0.0168. The van der Waals surface area contributed by atoms with Crippen LogP contribution in [0.1, 0.15) is 26.5 Å². The third-order valence-corrected chi connectivity index (χ3v) is 7.60. The largest absolute Gasteiger partial charge is 0.298 e. The van der Waals surface area contributed by atoms with E-state index in [1.807, 2.05) is 0 Å². The van der Waals surface area contributed by atoms with Crippen molar-refractivity contribution in [3.05, 3.63) is 75.0 Å². The molecule has 1 aromatic heterocycles. The second-order valence-electron chi connectivity index (χ2n) is 6.68. The van der Waals surface area contributed by atoms with Gasteiger partial charge in [0.05, 0.1) is 21.2 Å². The summed E-state index contributed by atoms with van der Waals surface area (Å²) in [6.45, 7) is 1.78. The van der Waals surface area contributed by atoms with Crippen LogP contribution in [0.2, 0.25) is 5.02 Å². The van der Waals surface area contributed by atoms with Gasteiger partial charge in [0.2, 0.25) is 10.0 Å². The molecule has 0 aliphatic rings. The van der Waals surface area contributed by atoms with Gasteiger partial charge in [-0.1, -0.05) is 29.8 Å². The third kappa shape index (κ3) is 4.70. The molecule has 0 spiro atoms. The van der Waals surface area contributed by atoms with Gasteiger partial charge in [-0.25, -0.2) is 22.1 Å². The first-order chi connectivity index (χ1) is 14.1. The topological polar surface area (TPSA) is 79.4 Å². The average molecular weight is 468 g/mol. The summed E-state index contributed by atoms with van der Waals surface area (Å²) in [6.07, 6.45) is 0.351. The first-order valence-corrected chi connectivity index (χ1v) is 11.5. The quantitative estimate of drug-likeness (QED) is 0.585. The molecule has 10 heteroatoms. The lowest BCUT2D eigenvalue weighted by atomic mass is 10.1. The minimum Gasteiger partial charge on any atom is -0.298 e. The smallest absolute Gasteiger partial charge is 0.259 e. The maximum Gasteiger partial charge on any atom is 0.259 e.